The highest BCUT2D eigenvalue weighted by Gasteiger charge is 2.07. The Bertz CT molecular complexity index is 691. The molecule has 0 fully saturated rings. The van der Waals surface area contributed by atoms with E-state index in [-0.39, 0.29) is 11.6 Å². The summed E-state index contributed by atoms with van der Waals surface area (Å²) in [4.78, 5) is 4.23. The van der Waals surface area contributed by atoms with Crippen molar-refractivity contribution >= 4 is 5.52 Å². The molecule has 1 N–H and O–H groups in total. The molecule has 0 aliphatic heterocycles. The van der Waals surface area contributed by atoms with Gasteiger partial charge in [0.1, 0.15) is 17.4 Å². The minimum absolute atomic E-state index is 0.184. The van der Waals surface area contributed by atoms with E-state index >= 15 is 0 Å². The van der Waals surface area contributed by atoms with Crippen LogP contribution in [0.2, 0.25) is 0 Å². The number of halogens is 1. The van der Waals surface area contributed by atoms with Crippen LogP contribution in [0.15, 0.2) is 48.8 Å². The van der Waals surface area contributed by atoms with Gasteiger partial charge in [0.15, 0.2) is 0 Å². The Morgan fingerprint density at radius 2 is 2.06 bits per heavy atom. The first-order valence-corrected chi connectivity index (χ1v) is 5.16. The third-order valence-corrected chi connectivity index (χ3v) is 2.60. The van der Waals surface area contributed by atoms with Crippen molar-refractivity contribution in [1.82, 2.24) is 9.38 Å². The zero-order valence-electron chi connectivity index (χ0n) is 8.84. The normalized spacial score (nSPS) is 10.9. The average Bonchev–Trinajstić information content (AvgIpc) is 2.71. The van der Waals surface area contributed by atoms with Gasteiger partial charge >= 0.3 is 0 Å². The Hall–Kier alpha value is -2.36. The van der Waals surface area contributed by atoms with Gasteiger partial charge in [-0.25, -0.2) is 9.37 Å². The smallest absolute Gasteiger partial charge is 0.144 e. The molecule has 1 aromatic carbocycles. The number of fused-ring (bicyclic) bond motifs is 1. The third kappa shape index (κ3) is 1.63. The Morgan fingerprint density at radius 1 is 1.18 bits per heavy atom. The van der Waals surface area contributed by atoms with E-state index in [9.17, 15) is 9.50 Å². The number of nitrogens with zero attached hydrogens (tertiary/aromatic N) is 2. The second kappa shape index (κ2) is 3.59. The second-order valence-electron chi connectivity index (χ2n) is 3.77. The molecule has 2 heterocycles. The number of hydrogen-bond acceptors (Lipinski definition) is 2. The van der Waals surface area contributed by atoms with Crippen LogP contribution in [0.4, 0.5) is 4.39 Å². The summed E-state index contributed by atoms with van der Waals surface area (Å²) in [5.41, 5.74) is 1.47. The number of rotatable bonds is 1. The fraction of sp³-hybridized carbons (Fsp3) is 0. The summed E-state index contributed by atoms with van der Waals surface area (Å²) in [5, 5.41) is 9.35. The first-order chi connectivity index (χ1) is 8.24. The van der Waals surface area contributed by atoms with Crippen LogP contribution in [0.5, 0.6) is 5.75 Å². The molecule has 0 unspecified atom stereocenters. The molecule has 4 heteroatoms. The second-order valence-corrected chi connectivity index (χ2v) is 3.77. The maximum atomic E-state index is 13.1. The van der Waals surface area contributed by atoms with Crippen LogP contribution >= 0.6 is 0 Å². The first kappa shape index (κ1) is 9.84. The van der Waals surface area contributed by atoms with Crippen molar-refractivity contribution in [3.05, 3.63) is 54.6 Å². The summed E-state index contributed by atoms with van der Waals surface area (Å²) < 4.78 is 14.9. The van der Waals surface area contributed by atoms with Gasteiger partial charge in [-0.2, -0.15) is 0 Å². The largest absolute Gasteiger partial charge is 0.508 e. The van der Waals surface area contributed by atoms with Crippen LogP contribution in [-0.4, -0.2) is 14.5 Å². The van der Waals surface area contributed by atoms with Crippen molar-refractivity contribution < 1.29 is 9.50 Å². The highest BCUT2D eigenvalue weighted by Crippen LogP contribution is 2.22. The van der Waals surface area contributed by atoms with E-state index < -0.39 is 0 Å². The lowest BCUT2D eigenvalue weighted by Gasteiger charge is -2.01. The molecule has 0 bridgehead atoms. The molecule has 0 saturated heterocycles. The number of aromatic nitrogens is 2. The lowest BCUT2D eigenvalue weighted by molar-refractivity contribution is 0.475. The van der Waals surface area contributed by atoms with Gasteiger partial charge in [-0.3, -0.25) is 4.40 Å². The first-order valence-electron chi connectivity index (χ1n) is 5.16. The fourth-order valence-electron chi connectivity index (χ4n) is 1.83. The monoisotopic (exact) mass is 228 g/mol. The maximum absolute atomic E-state index is 13.1. The van der Waals surface area contributed by atoms with E-state index in [0.29, 0.717) is 11.4 Å². The van der Waals surface area contributed by atoms with Crippen molar-refractivity contribution in [3.8, 4) is 17.1 Å². The Morgan fingerprint density at radius 3 is 2.88 bits per heavy atom. The van der Waals surface area contributed by atoms with Gasteiger partial charge in [0.05, 0.1) is 11.7 Å². The molecule has 0 amide bonds. The number of hydrogen-bond donors (Lipinski definition) is 1. The fourth-order valence-corrected chi connectivity index (χ4v) is 1.83. The molecular formula is C13H9FN2O. The molecule has 0 aliphatic carbocycles. The van der Waals surface area contributed by atoms with Crippen molar-refractivity contribution in [2.24, 2.45) is 0 Å². The third-order valence-electron chi connectivity index (χ3n) is 2.60. The topological polar surface area (TPSA) is 37.5 Å². The predicted octanol–water partition coefficient (Wildman–Crippen LogP) is 2.85. The Balaban J connectivity index is 2.24. The molecule has 17 heavy (non-hydrogen) atoms. The van der Waals surface area contributed by atoms with Crippen molar-refractivity contribution in [2.45, 2.75) is 0 Å². The van der Waals surface area contributed by atoms with E-state index in [1.54, 1.807) is 41.1 Å². The summed E-state index contributed by atoms with van der Waals surface area (Å²) in [5.74, 6) is 0.542. The van der Waals surface area contributed by atoms with Gasteiger partial charge < -0.3 is 5.11 Å². The SMILES string of the molecule is Oc1ccn2c(-c3cccc(F)c3)ncc2c1. The molecule has 0 spiro atoms. The van der Waals surface area contributed by atoms with Gasteiger partial charge in [0.2, 0.25) is 0 Å². The summed E-state index contributed by atoms with van der Waals surface area (Å²) >= 11 is 0. The van der Waals surface area contributed by atoms with Gasteiger partial charge in [-0.15, -0.1) is 0 Å². The molecule has 0 saturated carbocycles. The van der Waals surface area contributed by atoms with Gasteiger partial charge in [-0.1, -0.05) is 12.1 Å². The lowest BCUT2D eigenvalue weighted by atomic mass is 10.2. The molecule has 84 valence electrons. The minimum Gasteiger partial charge on any atom is -0.508 e. The standard InChI is InChI=1S/C13H9FN2O/c14-10-3-1-2-9(6-10)13-15-8-11-7-12(17)4-5-16(11)13/h1-8,17H. The lowest BCUT2D eigenvalue weighted by Crippen LogP contribution is -1.89. The van der Waals surface area contributed by atoms with E-state index in [2.05, 4.69) is 4.98 Å². The molecule has 3 nitrogen and oxygen atoms in total. The van der Waals surface area contributed by atoms with Crippen molar-refractivity contribution in [3.63, 3.8) is 0 Å². The summed E-state index contributed by atoms with van der Waals surface area (Å²) in [7, 11) is 0. The maximum Gasteiger partial charge on any atom is 0.144 e. The van der Waals surface area contributed by atoms with E-state index in [0.717, 1.165) is 5.52 Å². The van der Waals surface area contributed by atoms with Gasteiger partial charge in [0.25, 0.3) is 0 Å². The summed E-state index contributed by atoms with van der Waals surface area (Å²) in [6, 6.07) is 9.44. The van der Waals surface area contributed by atoms with Crippen LogP contribution in [0.1, 0.15) is 0 Å². The van der Waals surface area contributed by atoms with Crippen LogP contribution in [0, 0.1) is 5.82 Å². The number of imidazole rings is 1. The van der Waals surface area contributed by atoms with E-state index in [1.165, 1.54) is 12.1 Å². The molecule has 0 atom stereocenters. The summed E-state index contributed by atoms with van der Waals surface area (Å²) in [6.07, 6.45) is 3.35. The van der Waals surface area contributed by atoms with Crippen LogP contribution in [0.3, 0.4) is 0 Å². The van der Waals surface area contributed by atoms with Crippen LogP contribution in [0.25, 0.3) is 16.9 Å². The van der Waals surface area contributed by atoms with Gasteiger partial charge in [0, 0.05) is 17.8 Å². The zero-order valence-corrected chi connectivity index (χ0v) is 8.84. The van der Waals surface area contributed by atoms with E-state index in [1.807, 2.05) is 0 Å². The molecule has 3 rings (SSSR count). The van der Waals surface area contributed by atoms with Gasteiger partial charge in [-0.05, 0) is 18.2 Å². The summed E-state index contributed by atoms with van der Waals surface area (Å²) in [6.45, 7) is 0. The van der Waals surface area contributed by atoms with E-state index in [4.69, 9.17) is 0 Å². The number of benzene rings is 1. The van der Waals surface area contributed by atoms with Crippen molar-refractivity contribution in [2.75, 3.05) is 0 Å². The zero-order chi connectivity index (χ0) is 11.8. The minimum atomic E-state index is -0.293. The predicted molar refractivity (Wildman–Crippen MR) is 62.3 cm³/mol. The molecule has 3 aromatic rings. The highest BCUT2D eigenvalue weighted by molar-refractivity contribution is 5.63. The quantitative estimate of drug-likeness (QED) is 0.695. The highest BCUT2D eigenvalue weighted by atomic mass is 19.1. The Labute approximate surface area is 96.8 Å². The van der Waals surface area contributed by atoms with Crippen molar-refractivity contribution in [1.29, 1.82) is 0 Å². The van der Waals surface area contributed by atoms with Crippen LogP contribution in [-0.2, 0) is 0 Å². The number of pyridine rings is 1. The molecule has 0 radical (unpaired) electrons. The molecule has 2 aromatic heterocycles. The molecular weight excluding hydrogens is 219 g/mol. The van der Waals surface area contributed by atoms with Crippen LogP contribution < -0.4 is 0 Å². The molecule has 0 aliphatic rings. The number of aromatic hydroxyl groups is 1. The average molecular weight is 228 g/mol. The Kier molecular flexibility index (Phi) is 2.08.